The minimum absolute atomic E-state index is 0.451. The SMILES string of the molecule is Cc1ccc(N)cc1Nc1nccc(-c2ccc(Cl)nc2)n1. The van der Waals surface area contributed by atoms with Crippen LogP contribution in [0.1, 0.15) is 5.56 Å². The Morgan fingerprint density at radius 2 is 1.95 bits per heavy atom. The van der Waals surface area contributed by atoms with Gasteiger partial charge in [0.05, 0.1) is 5.69 Å². The standard InChI is InChI=1S/C16H14ClN5/c1-10-2-4-12(18)8-14(10)22-16-19-7-6-13(21-16)11-3-5-15(17)20-9-11/h2-9H,18H2,1H3,(H,19,21,22). The van der Waals surface area contributed by atoms with E-state index in [-0.39, 0.29) is 0 Å². The zero-order valence-electron chi connectivity index (χ0n) is 11.9. The Hall–Kier alpha value is -2.66. The lowest BCUT2D eigenvalue weighted by Crippen LogP contribution is -2.00. The molecule has 5 nitrogen and oxygen atoms in total. The second-order valence-corrected chi connectivity index (χ2v) is 5.22. The molecular formula is C16H14ClN5. The molecule has 0 radical (unpaired) electrons. The third-order valence-corrected chi connectivity index (χ3v) is 3.41. The van der Waals surface area contributed by atoms with Gasteiger partial charge < -0.3 is 11.1 Å². The van der Waals surface area contributed by atoms with Crippen LogP contribution in [-0.2, 0) is 0 Å². The van der Waals surface area contributed by atoms with Crippen molar-refractivity contribution in [3.8, 4) is 11.3 Å². The van der Waals surface area contributed by atoms with Crippen LogP contribution in [0.25, 0.3) is 11.3 Å². The second-order valence-electron chi connectivity index (χ2n) is 4.83. The highest BCUT2D eigenvalue weighted by Gasteiger charge is 2.05. The Morgan fingerprint density at radius 1 is 1.09 bits per heavy atom. The van der Waals surface area contributed by atoms with E-state index in [0.717, 1.165) is 22.5 Å². The normalized spacial score (nSPS) is 10.5. The first-order valence-electron chi connectivity index (χ1n) is 6.70. The van der Waals surface area contributed by atoms with E-state index in [4.69, 9.17) is 17.3 Å². The minimum atomic E-state index is 0.451. The Kier molecular flexibility index (Phi) is 3.89. The van der Waals surface area contributed by atoms with E-state index in [0.29, 0.717) is 16.8 Å². The van der Waals surface area contributed by atoms with Crippen LogP contribution in [0.5, 0.6) is 0 Å². The highest BCUT2D eigenvalue weighted by Crippen LogP contribution is 2.23. The lowest BCUT2D eigenvalue weighted by Gasteiger charge is -2.10. The third-order valence-electron chi connectivity index (χ3n) is 3.19. The smallest absolute Gasteiger partial charge is 0.227 e. The van der Waals surface area contributed by atoms with Crippen molar-refractivity contribution < 1.29 is 0 Å². The van der Waals surface area contributed by atoms with E-state index >= 15 is 0 Å². The van der Waals surface area contributed by atoms with Gasteiger partial charge in [-0.05, 0) is 42.8 Å². The molecule has 0 bridgehead atoms. The number of aromatic nitrogens is 3. The highest BCUT2D eigenvalue weighted by molar-refractivity contribution is 6.29. The monoisotopic (exact) mass is 311 g/mol. The molecular weight excluding hydrogens is 298 g/mol. The van der Waals surface area contributed by atoms with Gasteiger partial charge in [0, 0.05) is 29.3 Å². The fourth-order valence-corrected chi connectivity index (χ4v) is 2.11. The molecule has 0 saturated heterocycles. The van der Waals surface area contributed by atoms with Crippen molar-refractivity contribution in [3.05, 3.63) is 59.5 Å². The van der Waals surface area contributed by atoms with Gasteiger partial charge in [0.2, 0.25) is 5.95 Å². The molecule has 22 heavy (non-hydrogen) atoms. The van der Waals surface area contributed by atoms with Crippen molar-refractivity contribution in [1.82, 2.24) is 15.0 Å². The maximum absolute atomic E-state index is 5.81. The van der Waals surface area contributed by atoms with Crippen molar-refractivity contribution in [2.24, 2.45) is 0 Å². The lowest BCUT2D eigenvalue weighted by atomic mass is 10.2. The molecule has 0 aliphatic heterocycles. The predicted octanol–water partition coefficient (Wildman–Crippen LogP) is 3.83. The van der Waals surface area contributed by atoms with Crippen molar-refractivity contribution in [2.75, 3.05) is 11.1 Å². The van der Waals surface area contributed by atoms with Gasteiger partial charge in [-0.15, -0.1) is 0 Å². The summed E-state index contributed by atoms with van der Waals surface area (Å²) in [7, 11) is 0. The van der Waals surface area contributed by atoms with E-state index < -0.39 is 0 Å². The maximum Gasteiger partial charge on any atom is 0.227 e. The number of aryl methyl sites for hydroxylation is 1. The molecule has 3 rings (SSSR count). The molecule has 0 spiro atoms. The molecule has 0 aliphatic carbocycles. The molecule has 0 aliphatic rings. The van der Waals surface area contributed by atoms with E-state index in [1.54, 1.807) is 18.5 Å². The van der Waals surface area contributed by atoms with Crippen molar-refractivity contribution in [3.63, 3.8) is 0 Å². The fraction of sp³-hybridized carbons (Fsp3) is 0.0625. The average molecular weight is 312 g/mol. The summed E-state index contributed by atoms with van der Waals surface area (Å²) < 4.78 is 0. The molecule has 1 aromatic carbocycles. The summed E-state index contributed by atoms with van der Waals surface area (Å²) in [5.74, 6) is 0.501. The first-order valence-corrected chi connectivity index (χ1v) is 7.08. The van der Waals surface area contributed by atoms with Crippen LogP contribution in [0.15, 0.2) is 48.8 Å². The van der Waals surface area contributed by atoms with Gasteiger partial charge in [-0.3, -0.25) is 0 Å². The quantitative estimate of drug-likeness (QED) is 0.568. The molecule has 2 aromatic heterocycles. The average Bonchev–Trinajstić information content (AvgIpc) is 2.52. The van der Waals surface area contributed by atoms with Crippen LogP contribution in [0.2, 0.25) is 5.15 Å². The Morgan fingerprint density at radius 3 is 2.73 bits per heavy atom. The van der Waals surface area contributed by atoms with Gasteiger partial charge in [-0.25, -0.2) is 15.0 Å². The van der Waals surface area contributed by atoms with Crippen LogP contribution in [0.3, 0.4) is 0 Å². The lowest BCUT2D eigenvalue weighted by molar-refractivity contribution is 1.16. The molecule has 3 aromatic rings. The molecule has 6 heteroatoms. The highest BCUT2D eigenvalue weighted by atomic mass is 35.5. The molecule has 0 amide bonds. The first kappa shape index (κ1) is 14.3. The number of nitrogens with zero attached hydrogens (tertiary/aromatic N) is 3. The van der Waals surface area contributed by atoms with Crippen LogP contribution in [0.4, 0.5) is 17.3 Å². The second kappa shape index (κ2) is 5.99. The predicted molar refractivity (Wildman–Crippen MR) is 89.1 cm³/mol. The topological polar surface area (TPSA) is 76.7 Å². The van der Waals surface area contributed by atoms with E-state index in [1.807, 2.05) is 37.3 Å². The summed E-state index contributed by atoms with van der Waals surface area (Å²) >= 11 is 5.80. The van der Waals surface area contributed by atoms with Crippen LogP contribution in [-0.4, -0.2) is 15.0 Å². The molecule has 0 atom stereocenters. The number of rotatable bonds is 3. The number of hydrogen-bond acceptors (Lipinski definition) is 5. The zero-order chi connectivity index (χ0) is 15.5. The van der Waals surface area contributed by atoms with E-state index in [9.17, 15) is 0 Å². The van der Waals surface area contributed by atoms with Crippen molar-refractivity contribution in [1.29, 1.82) is 0 Å². The van der Waals surface area contributed by atoms with E-state index in [2.05, 4.69) is 20.3 Å². The minimum Gasteiger partial charge on any atom is -0.399 e. The number of benzene rings is 1. The number of anilines is 3. The van der Waals surface area contributed by atoms with E-state index in [1.165, 1.54) is 0 Å². The van der Waals surface area contributed by atoms with Crippen molar-refractivity contribution in [2.45, 2.75) is 6.92 Å². The van der Waals surface area contributed by atoms with Gasteiger partial charge in [0.15, 0.2) is 0 Å². The maximum atomic E-state index is 5.81. The van der Waals surface area contributed by atoms with Gasteiger partial charge in [-0.2, -0.15) is 0 Å². The Labute approximate surface area is 133 Å². The molecule has 0 unspecified atom stereocenters. The molecule has 3 N–H and O–H groups in total. The summed E-state index contributed by atoms with van der Waals surface area (Å²) in [5, 5.41) is 3.64. The molecule has 110 valence electrons. The van der Waals surface area contributed by atoms with Crippen LogP contribution in [0, 0.1) is 6.92 Å². The third kappa shape index (κ3) is 3.15. The summed E-state index contributed by atoms with van der Waals surface area (Å²) in [5.41, 5.74) is 10.1. The van der Waals surface area contributed by atoms with Gasteiger partial charge >= 0.3 is 0 Å². The number of nitrogen functional groups attached to an aromatic ring is 1. The summed E-state index contributed by atoms with van der Waals surface area (Å²) in [4.78, 5) is 12.8. The fourth-order valence-electron chi connectivity index (χ4n) is 2.00. The summed E-state index contributed by atoms with van der Waals surface area (Å²) in [6.07, 6.45) is 3.38. The van der Waals surface area contributed by atoms with Gasteiger partial charge in [0.25, 0.3) is 0 Å². The number of pyridine rings is 1. The van der Waals surface area contributed by atoms with Gasteiger partial charge in [-0.1, -0.05) is 17.7 Å². The number of nitrogens with one attached hydrogen (secondary N) is 1. The van der Waals surface area contributed by atoms with Crippen molar-refractivity contribution >= 4 is 28.9 Å². The Balaban J connectivity index is 1.91. The van der Waals surface area contributed by atoms with Gasteiger partial charge in [0.1, 0.15) is 5.15 Å². The zero-order valence-corrected chi connectivity index (χ0v) is 12.7. The number of halogens is 1. The number of hydrogen-bond donors (Lipinski definition) is 2. The number of nitrogens with two attached hydrogens (primary N) is 1. The first-order chi connectivity index (χ1) is 10.6. The Bertz CT molecular complexity index is 802. The molecule has 0 fully saturated rings. The largest absolute Gasteiger partial charge is 0.399 e. The van der Waals surface area contributed by atoms with Crippen LogP contribution >= 0.6 is 11.6 Å². The summed E-state index contributed by atoms with van der Waals surface area (Å²) in [6, 6.07) is 11.1. The van der Waals surface area contributed by atoms with Crippen LogP contribution < -0.4 is 11.1 Å². The summed E-state index contributed by atoms with van der Waals surface area (Å²) in [6.45, 7) is 1.99. The molecule has 0 saturated carbocycles. The molecule has 2 heterocycles.